The number of rotatable bonds is 4. The first-order chi connectivity index (χ1) is 8.75. The highest BCUT2D eigenvalue weighted by molar-refractivity contribution is 5.59. The van der Waals surface area contributed by atoms with Gasteiger partial charge in [-0.25, -0.2) is 4.79 Å². The van der Waals surface area contributed by atoms with Crippen LogP contribution in [0.25, 0.3) is 0 Å². The maximum absolute atomic E-state index is 11.3. The molecule has 0 aliphatic carbocycles. The topological polar surface area (TPSA) is 79.2 Å². The van der Waals surface area contributed by atoms with Gasteiger partial charge in [-0.2, -0.15) is 5.10 Å². The van der Waals surface area contributed by atoms with Crippen molar-refractivity contribution in [3.05, 3.63) is 63.4 Å². The van der Waals surface area contributed by atoms with Gasteiger partial charge < -0.3 is 0 Å². The summed E-state index contributed by atoms with van der Waals surface area (Å²) in [5.41, 5.74) is 2.83. The molecule has 2 N–H and O–H groups in total. The number of aromatic amines is 1. The van der Waals surface area contributed by atoms with Crippen molar-refractivity contribution in [3.8, 4) is 0 Å². The van der Waals surface area contributed by atoms with Gasteiger partial charge in [-0.3, -0.25) is 19.8 Å². The first-order valence-electron chi connectivity index (χ1n) is 5.38. The number of hydrogen-bond acceptors (Lipinski definition) is 4. The number of hydrazone groups is 1. The first-order valence-corrected chi connectivity index (χ1v) is 5.38. The number of H-pyrrole nitrogens is 1. The summed E-state index contributed by atoms with van der Waals surface area (Å²) in [6.45, 7) is 0.287. The Hall–Kier alpha value is -2.63. The molecule has 2 rings (SSSR count). The third-order valence-electron chi connectivity index (χ3n) is 2.23. The van der Waals surface area contributed by atoms with E-state index >= 15 is 0 Å². The van der Waals surface area contributed by atoms with Crippen molar-refractivity contribution in [1.29, 1.82) is 0 Å². The molecule has 0 radical (unpaired) electrons. The number of nitrogens with zero attached hydrogens (tertiary/aromatic N) is 2. The van der Waals surface area contributed by atoms with Crippen LogP contribution in [0.1, 0.15) is 0 Å². The van der Waals surface area contributed by atoms with Crippen molar-refractivity contribution < 1.29 is 0 Å². The van der Waals surface area contributed by atoms with E-state index in [0.29, 0.717) is 0 Å². The largest absolute Gasteiger partial charge is 0.328 e. The second-order valence-corrected chi connectivity index (χ2v) is 3.55. The highest BCUT2D eigenvalue weighted by atomic mass is 16.2. The van der Waals surface area contributed by atoms with Crippen LogP contribution in [0.5, 0.6) is 0 Å². The molecular formula is C12H12N4O2. The second kappa shape index (κ2) is 5.62. The number of benzene rings is 1. The van der Waals surface area contributed by atoms with Crippen LogP contribution in [-0.4, -0.2) is 15.8 Å². The summed E-state index contributed by atoms with van der Waals surface area (Å²) in [7, 11) is 0. The fourth-order valence-electron chi connectivity index (χ4n) is 1.35. The minimum absolute atomic E-state index is 0.287. The lowest BCUT2D eigenvalue weighted by molar-refractivity contribution is 0.764. The molecule has 1 aromatic heterocycles. The average molecular weight is 244 g/mol. The third-order valence-corrected chi connectivity index (χ3v) is 2.23. The van der Waals surface area contributed by atoms with E-state index in [0.717, 1.165) is 5.69 Å². The van der Waals surface area contributed by atoms with E-state index in [1.54, 1.807) is 6.21 Å². The van der Waals surface area contributed by atoms with Gasteiger partial charge in [-0.15, -0.1) is 0 Å². The van der Waals surface area contributed by atoms with Gasteiger partial charge in [0.2, 0.25) is 0 Å². The van der Waals surface area contributed by atoms with E-state index in [1.807, 2.05) is 30.3 Å². The Labute approximate surface area is 103 Å². The van der Waals surface area contributed by atoms with Gasteiger partial charge in [0.25, 0.3) is 5.56 Å². The third kappa shape index (κ3) is 3.18. The summed E-state index contributed by atoms with van der Waals surface area (Å²) in [6.07, 6.45) is 2.97. The molecule has 18 heavy (non-hydrogen) atoms. The number of para-hydroxylation sites is 1. The van der Waals surface area contributed by atoms with E-state index in [4.69, 9.17) is 0 Å². The molecule has 0 spiro atoms. The van der Waals surface area contributed by atoms with Crippen LogP contribution in [0, 0.1) is 0 Å². The number of hydrogen-bond donors (Lipinski definition) is 2. The van der Waals surface area contributed by atoms with Gasteiger partial charge in [0.05, 0.1) is 12.2 Å². The fraction of sp³-hybridized carbons (Fsp3) is 0.0833. The molecule has 0 unspecified atom stereocenters. The smallest absolute Gasteiger partial charge is 0.295 e. The SMILES string of the molecule is O=c1ccn(C/C=N\Nc2ccccc2)c(=O)[nH]1. The van der Waals surface area contributed by atoms with Crippen molar-refractivity contribution in [2.45, 2.75) is 6.54 Å². The standard InChI is InChI=1S/C12H12N4O2/c17-11-6-8-16(12(18)14-11)9-7-13-15-10-4-2-1-3-5-10/h1-8,15H,9H2,(H,14,17,18)/b13-7-. The van der Waals surface area contributed by atoms with Crippen LogP contribution >= 0.6 is 0 Å². The molecular weight excluding hydrogens is 232 g/mol. The Bertz CT molecular complexity index is 643. The predicted octanol–water partition coefficient (Wildman–Crippen LogP) is 0.634. The van der Waals surface area contributed by atoms with E-state index in [9.17, 15) is 9.59 Å². The molecule has 6 nitrogen and oxygen atoms in total. The van der Waals surface area contributed by atoms with Crippen molar-refractivity contribution in [1.82, 2.24) is 9.55 Å². The lowest BCUT2D eigenvalue weighted by Gasteiger charge is -2.00. The minimum Gasteiger partial charge on any atom is -0.295 e. The molecule has 0 atom stereocenters. The first kappa shape index (κ1) is 11.8. The molecule has 0 bridgehead atoms. The van der Waals surface area contributed by atoms with Crippen molar-refractivity contribution >= 4 is 11.9 Å². The summed E-state index contributed by atoms with van der Waals surface area (Å²) in [6, 6.07) is 10.7. The van der Waals surface area contributed by atoms with Gasteiger partial charge in [0.15, 0.2) is 0 Å². The van der Waals surface area contributed by atoms with E-state index < -0.39 is 11.2 Å². The monoisotopic (exact) mass is 244 g/mol. The summed E-state index contributed by atoms with van der Waals surface area (Å²) in [4.78, 5) is 24.3. The molecule has 0 saturated heterocycles. The minimum atomic E-state index is -0.450. The summed E-state index contributed by atoms with van der Waals surface area (Å²) >= 11 is 0. The number of nitrogens with one attached hydrogen (secondary N) is 2. The Kier molecular flexibility index (Phi) is 3.70. The zero-order valence-corrected chi connectivity index (χ0v) is 9.54. The van der Waals surface area contributed by atoms with Crippen LogP contribution in [0.2, 0.25) is 0 Å². The molecule has 0 saturated carbocycles. The van der Waals surface area contributed by atoms with Crippen LogP contribution in [-0.2, 0) is 6.54 Å². The van der Waals surface area contributed by atoms with Gasteiger partial charge in [0.1, 0.15) is 0 Å². The number of anilines is 1. The van der Waals surface area contributed by atoms with E-state index in [1.165, 1.54) is 16.8 Å². The van der Waals surface area contributed by atoms with E-state index in [2.05, 4.69) is 15.5 Å². The number of aromatic nitrogens is 2. The van der Waals surface area contributed by atoms with Gasteiger partial charge in [-0.05, 0) is 12.1 Å². The van der Waals surface area contributed by atoms with Gasteiger partial charge in [0, 0.05) is 18.5 Å². The zero-order chi connectivity index (χ0) is 12.8. The Morgan fingerprint density at radius 1 is 1.22 bits per heavy atom. The maximum atomic E-state index is 11.3. The predicted molar refractivity (Wildman–Crippen MR) is 69.9 cm³/mol. The molecule has 0 aliphatic heterocycles. The Balaban J connectivity index is 1.95. The molecule has 1 aromatic carbocycles. The summed E-state index contributed by atoms with van der Waals surface area (Å²) < 4.78 is 1.34. The molecule has 92 valence electrons. The van der Waals surface area contributed by atoms with Crippen LogP contribution in [0.3, 0.4) is 0 Å². The molecule has 1 heterocycles. The lowest BCUT2D eigenvalue weighted by Crippen LogP contribution is -2.28. The van der Waals surface area contributed by atoms with Crippen LogP contribution in [0.15, 0.2) is 57.3 Å². The summed E-state index contributed by atoms with van der Waals surface area (Å²) in [5, 5.41) is 3.97. The van der Waals surface area contributed by atoms with Crippen LogP contribution in [0.4, 0.5) is 5.69 Å². The highest BCUT2D eigenvalue weighted by Crippen LogP contribution is 2.03. The molecule has 0 amide bonds. The maximum Gasteiger partial charge on any atom is 0.328 e. The van der Waals surface area contributed by atoms with Crippen molar-refractivity contribution in [2.24, 2.45) is 5.10 Å². The molecule has 2 aromatic rings. The molecule has 6 heteroatoms. The second-order valence-electron chi connectivity index (χ2n) is 3.55. The fourth-order valence-corrected chi connectivity index (χ4v) is 1.35. The Morgan fingerprint density at radius 2 is 2.00 bits per heavy atom. The lowest BCUT2D eigenvalue weighted by atomic mass is 10.3. The normalized spacial score (nSPS) is 10.7. The van der Waals surface area contributed by atoms with Gasteiger partial charge in [-0.1, -0.05) is 18.2 Å². The Morgan fingerprint density at radius 3 is 2.72 bits per heavy atom. The van der Waals surface area contributed by atoms with Crippen LogP contribution < -0.4 is 16.7 Å². The molecule has 0 aliphatic rings. The van der Waals surface area contributed by atoms with E-state index in [-0.39, 0.29) is 6.54 Å². The zero-order valence-electron chi connectivity index (χ0n) is 9.54. The molecule has 0 fully saturated rings. The highest BCUT2D eigenvalue weighted by Gasteiger charge is 1.93. The quantitative estimate of drug-likeness (QED) is 0.611. The average Bonchev–Trinajstić information content (AvgIpc) is 2.38. The van der Waals surface area contributed by atoms with Gasteiger partial charge >= 0.3 is 5.69 Å². The van der Waals surface area contributed by atoms with Crippen molar-refractivity contribution in [3.63, 3.8) is 0 Å². The van der Waals surface area contributed by atoms with Crippen molar-refractivity contribution in [2.75, 3.05) is 5.43 Å². The summed E-state index contributed by atoms with van der Waals surface area (Å²) in [5.74, 6) is 0.